The van der Waals surface area contributed by atoms with E-state index in [4.69, 9.17) is 53.8 Å². The molecule has 19 heteroatoms. The van der Waals surface area contributed by atoms with E-state index in [0.29, 0.717) is 42.6 Å². The van der Waals surface area contributed by atoms with Gasteiger partial charge in [-0.25, -0.2) is 29.9 Å². The van der Waals surface area contributed by atoms with Crippen molar-refractivity contribution in [1.29, 1.82) is 0 Å². The summed E-state index contributed by atoms with van der Waals surface area (Å²) in [4.78, 5) is 34.9. The first-order valence-electron chi connectivity index (χ1n) is 18.4. The molecule has 3 heterocycles. The van der Waals surface area contributed by atoms with Gasteiger partial charge in [0, 0.05) is 35.3 Å². The molecule has 3 N–H and O–H groups in total. The van der Waals surface area contributed by atoms with Gasteiger partial charge in [0.2, 0.25) is 33.7 Å². The Morgan fingerprint density at radius 2 is 0.790 bits per heavy atom. The van der Waals surface area contributed by atoms with Crippen LogP contribution in [0.2, 0.25) is 15.9 Å². The molecule has 0 atom stereocenters. The molecule has 0 spiro atoms. The number of hydrogen-bond acceptors (Lipinski definition) is 16. The standard InChI is InChI=1S/C24H23N5O3.C16H13ClN4O.C3HCl2N3/c1-30-21-12-19(13-22(14-21)31-2)28-24-26-16-25-23(29-24)27-18-8-10-20(11-9-18)32-15-17-6-4-3-5-7-17;17-15-18-11-19-16(21-15)20-13-6-8-14(9-7-13)22-10-12-4-2-1-3-5-12;4-2-6-1-7-3(5)8-2/h3-14,16H,15H2,1-2H3,(H2,25,26,27,28,29);1-9,11H,10H2,(H,18,19,20,21);1H. The van der Waals surface area contributed by atoms with Crippen LogP contribution in [-0.4, -0.2) is 59.1 Å². The number of rotatable bonds is 14. The summed E-state index contributed by atoms with van der Waals surface area (Å²) in [6, 6.07) is 40.7. The second-order valence-electron chi connectivity index (χ2n) is 12.3. The summed E-state index contributed by atoms with van der Waals surface area (Å²) in [5.41, 5.74) is 4.66. The molecular formula is C43H37Cl3N12O4. The first-order valence-corrected chi connectivity index (χ1v) is 19.5. The lowest BCUT2D eigenvalue weighted by molar-refractivity contribution is 0.306. The van der Waals surface area contributed by atoms with Crippen LogP contribution < -0.4 is 34.9 Å². The first-order chi connectivity index (χ1) is 30.3. The third-order valence-electron chi connectivity index (χ3n) is 7.95. The fourth-order valence-corrected chi connectivity index (χ4v) is 5.44. The summed E-state index contributed by atoms with van der Waals surface area (Å²) in [5.74, 6) is 4.10. The van der Waals surface area contributed by atoms with Crippen LogP contribution in [0.5, 0.6) is 23.0 Å². The van der Waals surface area contributed by atoms with Crippen LogP contribution in [0.1, 0.15) is 11.1 Å². The molecular weight excluding hydrogens is 855 g/mol. The van der Waals surface area contributed by atoms with Crippen molar-refractivity contribution in [2.75, 3.05) is 30.2 Å². The van der Waals surface area contributed by atoms with E-state index in [9.17, 15) is 0 Å². The number of nitrogens with one attached hydrogen (secondary N) is 3. The molecule has 0 fully saturated rings. The third kappa shape index (κ3) is 15.0. The van der Waals surface area contributed by atoms with Crippen molar-refractivity contribution in [1.82, 2.24) is 44.9 Å². The van der Waals surface area contributed by atoms with E-state index in [0.717, 1.165) is 39.7 Å². The summed E-state index contributed by atoms with van der Waals surface area (Å²) < 4.78 is 22.1. The van der Waals surface area contributed by atoms with Gasteiger partial charge < -0.3 is 34.9 Å². The first kappa shape index (κ1) is 44.2. The van der Waals surface area contributed by atoms with Crippen molar-refractivity contribution in [2.24, 2.45) is 0 Å². The predicted octanol–water partition coefficient (Wildman–Crippen LogP) is 9.98. The topological polar surface area (TPSA) is 189 Å². The lowest BCUT2D eigenvalue weighted by Gasteiger charge is -2.11. The van der Waals surface area contributed by atoms with E-state index in [1.807, 2.05) is 121 Å². The van der Waals surface area contributed by atoms with Crippen molar-refractivity contribution in [3.8, 4) is 23.0 Å². The molecule has 0 unspecified atom stereocenters. The molecule has 0 saturated heterocycles. The molecule has 314 valence electrons. The van der Waals surface area contributed by atoms with Gasteiger partial charge in [0.1, 0.15) is 55.2 Å². The highest BCUT2D eigenvalue weighted by molar-refractivity contribution is 6.30. The summed E-state index contributed by atoms with van der Waals surface area (Å²) in [7, 11) is 3.20. The van der Waals surface area contributed by atoms with E-state index in [-0.39, 0.29) is 15.9 Å². The average molecular weight is 892 g/mol. The maximum absolute atomic E-state index is 5.82. The largest absolute Gasteiger partial charge is 0.497 e. The quantitative estimate of drug-likeness (QED) is 0.0934. The van der Waals surface area contributed by atoms with Gasteiger partial charge in [-0.05, 0) is 94.5 Å². The summed E-state index contributed by atoms with van der Waals surface area (Å²) in [6.07, 6.45) is 4.04. The monoisotopic (exact) mass is 890 g/mol. The Morgan fingerprint density at radius 3 is 1.19 bits per heavy atom. The van der Waals surface area contributed by atoms with Gasteiger partial charge in [-0.2, -0.15) is 15.0 Å². The van der Waals surface area contributed by atoms with Crippen LogP contribution in [0.25, 0.3) is 0 Å². The molecule has 0 aliphatic heterocycles. The highest BCUT2D eigenvalue weighted by Crippen LogP contribution is 2.28. The van der Waals surface area contributed by atoms with Crippen molar-refractivity contribution in [3.63, 3.8) is 0 Å². The number of methoxy groups -OCH3 is 2. The Labute approximate surface area is 371 Å². The number of hydrogen-bond donors (Lipinski definition) is 3. The number of nitrogens with zero attached hydrogens (tertiary/aromatic N) is 9. The fourth-order valence-electron chi connectivity index (χ4n) is 5.03. The molecule has 0 aliphatic rings. The molecule has 0 radical (unpaired) electrons. The molecule has 0 amide bonds. The molecule has 8 aromatic rings. The van der Waals surface area contributed by atoms with E-state index < -0.39 is 0 Å². The van der Waals surface area contributed by atoms with Crippen LogP contribution in [0.4, 0.5) is 34.9 Å². The molecule has 5 aromatic carbocycles. The maximum Gasteiger partial charge on any atom is 0.232 e. The zero-order chi connectivity index (χ0) is 43.4. The Balaban J connectivity index is 0.000000183. The lowest BCUT2D eigenvalue weighted by Crippen LogP contribution is -2.03. The van der Waals surface area contributed by atoms with Crippen LogP contribution >= 0.6 is 34.8 Å². The maximum atomic E-state index is 5.82. The zero-order valence-electron chi connectivity index (χ0n) is 33.1. The van der Waals surface area contributed by atoms with Gasteiger partial charge >= 0.3 is 0 Å². The Hall–Kier alpha value is -7.40. The van der Waals surface area contributed by atoms with Gasteiger partial charge in [0.15, 0.2) is 0 Å². The highest BCUT2D eigenvalue weighted by atomic mass is 35.5. The Bertz CT molecular complexity index is 2550. The minimum atomic E-state index is 0.116. The second kappa shape index (κ2) is 23.4. The molecule has 16 nitrogen and oxygen atoms in total. The predicted molar refractivity (Wildman–Crippen MR) is 238 cm³/mol. The van der Waals surface area contributed by atoms with Crippen molar-refractivity contribution in [2.45, 2.75) is 13.2 Å². The van der Waals surface area contributed by atoms with E-state index >= 15 is 0 Å². The van der Waals surface area contributed by atoms with E-state index in [1.165, 1.54) is 19.0 Å². The van der Waals surface area contributed by atoms with Crippen LogP contribution in [0.3, 0.4) is 0 Å². The summed E-state index contributed by atoms with van der Waals surface area (Å²) >= 11 is 16.3. The number of aromatic nitrogens is 9. The zero-order valence-corrected chi connectivity index (χ0v) is 35.3. The van der Waals surface area contributed by atoms with Gasteiger partial charge in [0.05, 0.1) is 14.2 Å². The molecule has 3 aromatic heterocycles. The summed E-state index contributed by atoms with van der Waals surface area (Å²) in [6.45, 7) is 1.06. The fraction of sp³-hybridized carbons (Fsp3) is 0.0930. The minimum Gasteiger partial charge on any atom is -0.497 e. The number of halogens is 3. The van der Waals surface area contributed by atoms with Crippen LogP contribution in [0, 0.1) is 0 Å². The van der Waals surface area contributed by atoms with Crippen molar-refractivity contribution < 1.29 is 18.9 Å². The van der Waals surface area contributed by atoms with Gasteiger partial charge in [-0.15, -0.1) is 0 Å². The van der Waals surface area contributed by atoms with Crippen molar-refractivity contribution >= 4 is 69.7 Å². The summed E-state index contributed by atoms with van der Waals surface area (Å²) in [5, 5.41) is 9.74. The third-order valence-corrected chi connectivity index (χ3v) is 8.50. The van der Waals surface area contributed by atoms with Crippen molar-refractivity contribution in [3.05, 3.63) is 173 Å². The van der Waals surface area contributed by atoms with E-state index in [2.05, 4.69) is 60.8 Å². The number of benzene rings is 5. The smallest absolute Gasteiger partial charge is 0.232 e. The van der Waals surface area contributed by atoms with Gasteiger partial charge in [0.25, 0.3) is 0 Å². The minimum absolute atomic E-state index is 0.116. The number of ether oxygens (including phenoxy) is 4. The van der Waals surface area contributed by atoms with Crippen LogP contribution in [-0.2, 0) is 13.2 Å². The molecule has 8 rings (SSSR count). The Morgan fingerprint density at radius 1 is 0.403 bits per heavy atom. The average Bonchev–Trinajstić information content (AvgIpc) is 3.29. The molecule has 0 saturated carbocycles. The second-order valence-corrected chi connectivity index (χ2v) is 13.3. The van der Waals surface area contributed by atoms with Crippen LogP contribution in [0.15, 0.2) is 146 Å². The highest BCUT2D eigenvalue weighted by Gasteiger charge is 2.07. The normalized spacial score (nSPS) is 10.1. The SMILES string of the molecule is COc1cc(Nc2ncnc(Nc3ccc(OCc4ccccc4)cc3)n2)cc(OC)c1.Clc1ncnc(Cl)n1.Clc1ncnc(Nc2ccc(OCc3ccccc3)cc2)n1. The van der Waals surface area contributed by atoms with Gasteiger partial charge in [-0.1, -0.05) is 60.7 Å². The molecule has 0 aliphatic carbocycles. The van der Waals surface area contributed by atoms with E-state index in [1.54, 1.807) is 20.3 Å². The molecule has 62 heavy (non-hydrogen) atoms. The Kier molecular flexibility index (Phi) is 16.7. The number of anilines is 6. The lowest BCUT2D eigenvalue weighted by atomic mass is 10.2. The van der Waals surface area contributed by atoms with Gasteiger partial charge in [-0.3, -0.25) is 0 Å². The molecule has 0 bridgehead atoms.